The Kier molecular flexibility index (Phi) is 8.23. The molecular weight excluding hydrogens is 396 g/mol. The fraction of sp³-hybridized carbons (Fsp3) is 0.435. The average Bonchev–Trinajstić information content (AvgIpc) is 2.83. The van der Waals surface area contributed by atoms with Crippen LogP contribution >= 0.6 is 0 Å². The Bertz CT molecular complexity index is 836. The molecular formula is C23H32N4O4. The number of hydrogen-bond acceptors (Lipinski definition) is 6. The molecule has 8 heteroatoms. The first-order valence-corrected chi connectivity index (χ1v) is 10.5. The van der Waals surface area contributed by atoms with Gasteiger partial charge in [0.15, 0.2) is 11.5 Å². The van der Waals surface area contributed by atoms with Gasteiger partial charge in [-0.2, -0.15) is 0 Å². The number of methoxy groups -OCH3 is 3. The molecule has 1 aliphatic heterocycles. The van der Waals surface area contributed by atoms with Crippen LogP contribution in [0.4, 0.5) is 10.5 Å². The van der Waals surface area contributed by atoms with Crippen LogP contribution in [0, 0.1) is 0 Å². The molecule has 0 aromatic heterocycles. The van der Waals surface area contributed by atoms with Crippen molar-refractivity contribution in [3.63, 3.8) is 0 Å². The van der Waals surface area contributed by atoms with E-state index in [2.05, 4.69) is 32.6 Å². The lowest BCUT2D eigenvalue weighted by atomic mass is 10.2. The molecule has 168 valence electrons. The molecule has 3 rings (SSSR count). The van der Waals surface area contributed by atoms with E-state index in [1.165, 1.54) is 5.69 Å². The SMILES string of the molecule is COc1ccc(N2CCN(CCNC(=O)NCc3ccc(OC)c(OC)c3)CC2)cc1. The lowest BCUT2D eigenvalue weighted by Gasteiger charge is -2.36. The smallest absolute Gasteiger partial charge is 0.315 e. The second-order valence-electron chi connectivity index (χ2n) is 7.33. The highest BCUT2D eigenvalue weighted by Crippen LogP contribution is 2.27. The van der Waals surface area contributed by atoms with E-state index in [0.29, 0.717) is 24.6 Å². The van der Waals surface area contributed by atoms with Crippen molar-refractivity contribution in [2.75, 3.05) is 65.5 Å². The van der Waals surface area contributed by atoms with Gasteiger partial charge in [0.1, 0.15) is 5.75 Å². The number of urea groups is 1. The molecule has 8 nitrogen and oxygen atoms in total. The molecule has 1 heterocycles. The van der Waals surface area contributed by atoms with Crippen LogP contribution < -0.4 is 29.7 Å². The largest absolute Gasteiger partial charge is 0.497 e. The Morgan fingerprint density at radius 3 is 2.23 bits per heavy atom. The molecule has 0 spiro atoms. The van der Waals surface area contributed by atoms with Crippen molar-refractivity contribution < 1.29 is 19.0 Å². The zero-order chi connectivity index (χ0) is 22.1. The maximum atomic E-state index is 12.1. The number of amides is 2. The summed E-state index contributed by atoms with van der Waals surface area (Å²) in [4.78, 5) is 16.9. The Morgan fingerprint density at radius 1 is 0.871 bits per heavy atom. The maximum Gasteiger partial charge on any atom is 0.315 e. The molecule has 0 bridgehead atoms. The topological polar surface area (TPSA) is 75.3 Å². The van der Waals surface area contributed by atoms with Crippen molar-refractivity contribution in [2.24, 2.45) is 0 Å². The van der Waals surface area contributed by atoms with Gasteiger partial charge < -0.3 is 29.7 Å². The van der Waals surface area contributed by atoms with Crippen LogP contribution in [0.25, 0.3) is 0 Å². The van der Waals surface area contributed by atoms with Crippen LogP contribution in [-0.4, -0.2) is 71.5 Å². The van der Waals surface area contributed by atoms with Crippen molar-refractivity contribution in [1.29, 1.82) is 0 Å². The predicted molar refractivity (Wildman–Crippen MR) is 121 cm³/mol. The third-order valence-electron chi connectivity index (χ3n) is 5.42. The zero-order valence-electron chi connectivity index (χ0n) is 18.5. The van der Waals surface area contributed by atoms with Gasteiger partial charge in [-0.05, 0) is 42.0 Å². The number of ether oxygens (including phenoxy) is 3. The number of nitrogens with zero attached hydrogens (tertiary/aromatic N) is 2. The van der Waals surface area contributed by atoms with E-state index in [1.54, 1.807) is 21.3 Å². The number of hydrogen-bond donors (Lipinski definition) is 2. The van der Waals surface area contributed by atoms with Crippen molar-refractivity contribution in [3.05, 3.63) is 48.0 Å². The number of rotatable bonds is 9. The Labute approximate surface area is 184 Å². The summed E-state index contributed by atoms with van der Waals surface area (Å²) in [6.07, 6.45) is 0. The van der Waals surface area contributed by atoms with Crippen molar-refractivity contribution in [3.8, 4) is 17.2 Å². The number of carbonyl (C=O) groups is 1. The van der Waals surface area contributed by atoms with Crippen LogP contribution in [-0.2, 0) is 6.54 Å². The van der Waals surface area contributed by atoms with Gasteiger partial charge >= 0.3 is 6.03 Å². The van der Waals surface area contributed by atoms with E-state index in [-0.39, 0.29) is 6.03 Å². The van der Waals surface area contributed by atoms with Gasteiger partial charge in [0.2, 0.25) is 0 Å². The number of benzene rings is 2. The van der Waals surface area contributed by atoms with E-state index in [1.807, 2.05) is 30.3 Å². The monoisotopic (exact) mass is 428 g/mol. The number of anilines is 1. The third kappa shape index (κ3) is 6.42. The van der Waals surface area contributed by atoms with Gasteiger partial charge in [-0.1, -0.05) is 6.07 Å². The summed E-state index contributed by atoms with van der Waals surface area (Å²) in [7, 11) is 4.87. The number of nitrogens with one attached hydrogen (secondary N) is 2. The van der Waals surface area contributed by atoms with Crippen molar-refractivity contribution in [2.45, 2.75) is 6.54 Å². The van der Waals surface area contributed by atoms with Gasteiger partial charge in [-0.3, -0.25) is 4.90 Å². The predicted octanol–water partition coefficient (Wildman–Crippen LogP) is 2.33. The summed E-state index contributed by atoms with van der Waals surface area (Å²) < 4.78 is 15.7. The highest BCUT2D eigenvalue weighted by Gasteiger charge is 2.17. The van der Waals surface area contributed by atoms with Crippen LogP contribution in [0.2, 0.25) is 0 Å². The minimum Gasteiger partial charge on any atom is -0.497 e. The van der Waals surface area contributed by atoms with Crippen LogP contribution in [0.3, 0.4) is 0 Å². The first-order valence-electron chi connectivity index (χ1n) is 10.5. The van der Waals surface area contributed by atoms with E-state index in [0.717, 1.165) is 44.0 Å². The first kappa shape index (κ1) is 22.6. The van der Waals surface area contributed by atoms with Crippen molar-refractivity contribution in [1.82, 2.24) is 15.5 Å². The molecule has 0 radical (unpaired) electrons. The van der Waals surface area contributed by atoms with E-state index >= 15 is 0 Å². The fourth-order valence-electron chi connectivity index (χ4n) is 3.59. The van der Waals surface area contributed by atoms with E-state index < -0.39 is 0 Å². The maximum absolute atomic E-state index is 12.1. The van der Waals surface area contributed by atoms with Gasteiger partial charge in [0.05, 0.1) is 21.3 Å². The van der Waals surface area contributed by atoms with E-state index in [4.69, 9.17) is 14.2 Å². The molecule has 2 N–H and O–H groups in total. The second-order valence-corrected chi connectivity index (χ2v) is 7.33. The molecule has 2 amide bonds. The fourth-order valence-corrected chi connectivity index (χ4v) is 3.59. The zero-order valence-corrected chi connectivity index (χ0v) is 18.5. The van der Waals surface area contributed by atoms with Crippen LogP contribution in [0.5, 0.6) is 17.2 Å². The Hall–Kier alpha value is -3.13. The lowest BCUT2D eigenvalue weighted by Crippen LogP contribution is -2.49. The summed E-state index contributed by atoms with van der Waals surface area (Å²) in [5, 5.41) is 5.81. The molecule has 0 saturated carbocycles. The third-order valence-corrected chi connectivity index (χ3v) is 5.42. The van der Waals surface area contributed by atoms with Gasteiger partial charge in [-0.25, -0.2) is 4.79 Å². The molecule has 2 aromatic carbocycles. The molecule has 0 aliphatic carbocycles. The number of carbonyl (C=O) groups excluding carboxylic acids is 1. The molecule has 0 atom stereocenters. The summed E-state index contributed by atoms with van der Waals surface area (Å²) in [5.74, 6) is 2.19. The van der Waals surface area contributed by atoms with Gasteiger partial charge in [0, 0.05) is 51.5 Å². The summed E-state index contributed by atoms with van der Waals surface area (Å²) in [5.41, 5.74) is 2.16. The normalized spacial score (nSPS) is 14.1. The molecule has 2 aromatic rings. The Balaban J connectivity index is 1.34. The summed E-state index contributed by atoms with van der Waals surface area (Å²) in [6, 6.07) is 13.6. The second kappa shape index (κ2) is 11.3. The lowest BCUT2D eigenvalue weighted by molar-refractivity contribution is 0.231. The van der Waals surface area contributed by atoms with Crippen LogP contribution in [0.1, 0.15) is 5.56 Å². The minimum atomic E-state index is -0.174. The van der Waals surface area contributed by atoms with Crippen LogP contribution in [0.15, 0.2) is 42.5 Å². The Morgan fingerprint density at radius 2 is 1.58 bits per heavy atom. The van der Waals surface area contributed by atoms with Crippen molar-refractivity contribution >= 4 is 11.7 Å². The average molecular weight is 429 g/mol. The van der Waals surface area contributed by atoms with Gasteiger partial charge in [0.25, 0.3) is 0 Å². The van der Waals surface area contributed by atoms with Gasteiger partial charge in [-0.15, -0.1) is 0 Å². The molecule has 1 aliphatic rings. The summed E-state index contributed by atoms with van der Waals surface area (Å²) >= 11 is 0. The highest BCUT2D eigenvalue weighted by atomic mass is 16.5. The standard InChI is InChI=1S/C23H32N4O4/c1-29-20-7-5-19(6-8-20)27-14-12-26(13-15-27)11-10-24-23(28)25-17-18-4-9-21(30-2)22(16-18)31-3/h4-9,16H,10-15,17H2,1-3H3,(H2,24,25,28). The minimum absolute atomic E-state index is 0.174. The summed E-state index contributed by atoms with van der Waals surface area (Å²) in [6.45, 7) is 5.75. The quantitative estimate of drug-likeness (QED) is 0.639. The van der Waals surface area contributed by atoms with E-state index in [9.17, 15) is 4.79 Å². The molecule has 1 saturated heterocycles. The molecule has 0 unspecified atom stereocenters. The number of piperazine rings is 1. The highest BCUT2D eigenvalue weighted by molar-refractivity contribution is 5.73. The molecule has 31 heavy (non-hydrogen) atoms. The first-order chi connectivity index (χ1) is 15.1. The molecule has 1 fully saturated rings.